The maximum Gasteiger partial charge on any atom is 0.157 e. The van der Waals surface area contributed by atoms with Crippen LogP contribution in [0.3, 0.4) is 0 Å². The van der Waals surface area contributed by atoms with Gasteiger partial charge in [-0.25, -0.2) is 4.98 Å². The smallest absolute Gasteiger partial charge is 0.157 e. The van der Waals surface area contributed by atoms with Gasteiger partial charge >= 0.3 is 0 Å². The highest BCUT2D eigenvalue weighted by atomic mass is 16.3. The molecule has 0 spiro atoms. The van der Waals surface area contributed by atoms with E-state index in [2.05, 4.69) is 20.5 Å². The number of hydrogen-bond acceptors (Lipinski definition) is 6. The number of aromatic nitrogens is 5. The Bertz CT molecular complexity index is 442. The van der Waals surface area contributed by atoms with E-state index in [0.29, 0.717) is 16.9 Å². The third-order valence-corrected chi connectivity index (χ3v) is 1.99. The van der Waals surface area contributed by atoms with Gasteiger partial charge in [-0.05, 0) is 22.1 Å². The molecule has 0 aromatic carbocycles. The van der Waals surface area contributed by atoms with Gasteiger partial charge in [0.2, 0.25) is 0 Å². The average Bonchev–Trinajstić information content (AvgIpc) is 2.81. The van der Waals surface area contributed by atoms with Gasteiger partial charge in [-0.1, -0.05) is 0 Å². The third-order valence-electron chi connectivity index (χ3n) is 1.99. The van der Waals surface area contributed by atoms with E-state index in [1.807, 2.05) is 0 Å². The van der Waals surface area contributed by atoms with Crippen LogP contribution < -0.4 is 0 Å². The fraction of sp³-hybridized carbons (Fsp3) is 0.250. The minimum Gasteiger partial charge on any atom is -0.392 e. The molecule has 2 heterocycles. The maximum absolute atomic E-state index is 9.07. The molecule has 7 heteroatoms. The standard InChI is InChI=1S/C8H9N5O2/c14-3-6-1-8(9-2-7(6)4-15)13-5-10-11-12-13/h1-2,5,14-15H,3-4H2. The molecule has 0 fully saturated rings. The number of tetrazole rings is 1. The lowest BCUT2D eigenvalue weighted by molar-refractivity contribution is 0.259. The molecule has 0 aliphatic carbocycles. The van der Waals surface area contributed by atoms with E-state index in [0.717, 1.165) is 0 Å². The summed E-state index contributed by atoms with van der Waals surface area (Å²) in [6.45, 7) is -0.313. The quantitative estimate of drug-likeness (QED) is 0.673. The topological polar surface area (TPSA) is 97.0 Å². The summed E-state index contributed by atoms with van der Waals surface area (Å²) in [6.07, 6.45) is 2.89. The van der Waals surface area contributed by atoms with E-state index in [9.17, 15) is 0 Å². The van der Waals surface area contributed by atoms with Crippen molar-refractivity contribution >= 4 is 0 Å². The van der Waals surface area contributed by atoms with Gasteiger partial charge in [-0.2, -0.15) is 4.68 Å². The van der Waals surface area contributed by atoms with Gasteiger partial charge in [0.25, 0.3) is 0 Å². The van der Waals surface area contributed by atoms with E-state index in [-0.39, 0.29) is 13.2 Å². The molecule has 0 aliphatic rings. The van der Waals surface area contributed by atoms with Crippen molar-refractivity contribution in [2.75, 3.05) is 0 Å². The van der Waals surface area contributed by atoms with Gasteiger partial charge in [0.1, 0.15) is 6.33 Å². The van der Waals surface area contributed by atoms with Crippen LogP contribution in [0, 0.1) is 0 Å². The van der Waals surface area contributed by atoms with E-state index in [1.165, 1.54) is 17.2 Å². The molecule has 0 saturated heterocycles. The summed E-state index contributed by atoms with van der Waals surface area (Å²) in [6, 6.07) is 1.63. The molecule has 0 amide bonds. The Morgan fingerprint density at radius 2 is 2.00 bits per heavy atom. The summed E-state index contributed by atoms with van der Waals surface area (Å²) >= 11 is 0. The van der Waals surface area contributed by atoms with Crippen molar-refractivity contribution < 1.29 is 10.2 Å². The molecular weight excluding hydrogens is 198 g/mol. The molecule has 15 heavy (non-hydrogen) atoms. The second-order valence-corrected chi connectivity index (χ2v) is 2.88. The third kappa shape index (κ3) is 1.83. The lowest BCUT2D eigenvalue weighted by atomic mass is 10.1. The van der Waals surface area contributed by atoms with E-state index < -0.39 is 0 Å². The van der Waals surface area contributed by atoms with Gasteiger partial charge < -0.3 is 10.2 Å². The van der Waals surface area contributed by atoms with Gasteiger partial charge in [-0.15, -0.1) is 5.10 Å². The van der Waals surface area contributed by atoms with Crippen LogP contribution in [0.4, 0.5) is 0 Å². The molecule has 2 aromatic heterocycles. The van der Waals surface area contributed by atoms with Crippen LogP contribution in [0.1, 0.15) is 11.1 Å². The largest absolute Gasteiger partial charge is 0.392 e. The second kappa shape index (κ2) is 4.11. The Labute approximate surface area is 85.0 Å². The average molecular weight is 207 g/mol. The number of aliphatic hydroxyl groups is 2. The van der Waals surface area contributed by atoms with Crippen molar-refractivity contribution in [3.05, 3.63) is 29.7 Å². The van der Waals surface area contributed by atoms with Crippen molar-refractivity contribution in [3.8, 4) is 5.82 Å². The summed E-state index contributed by atoms with van der Waals surface area (Å²) in [7, 11) is 0. The van der Waals surface area contributed by atoms with Crippen LogP contribution in [0.25, 0.3) is 5.82 Å². The van der Waals surface area contributed by atoms with Crippen LogP contribution >= 0.6 is 0 Å². The van der Waals surface area contributed by atoms with Gasteiger partial charge in [0, 0.05) is 11.8 Å². The van der Waals surface area contributed by atoms with Gasteiger partial charge in [0.15, 0.2) is 5.82 Å². The molecule has 78 valence electrons. The Hall–Kier alpha value is -1.86. The maximum atomic E-state index is 9.07. The van der Waals surface area contributed by atoms with Crippen LogP contribution in [0.5, 0.6) is 0 Å². The van der Waals surface area contributed by atoms with Crippen LogP contribution in [-0.2, 0) is 13.2 Å². The van der Waals surface area contributed by atoms with Crippen LogP contribution in [0.2, 0.25) is 0 Å². The summed E-state index contributed by atoms with van der Waals surface area (Å²) < 4.78 is 1.38. The number of rotatable bonds is 3. The minimum absolute atomic E-state index is 0.154. The fourth-order valence-corrected chi connectivity index (χ4v) is 1.19. The highest BCUT2D eigenvalue weighted by molar-refractivity contribution is 5.32. The molecule has 2 N–H and O–H groups in total. The molecule has 2 aromatic rings. The fourth-order valence-electron chi connectivity index (χ4n) is 1.19. The Morgan fingerprint density at radius 3 is 2.60 bits per heavy atom. The molecule has 0 atom stereocenters. The van der Waals surface area contributed by atoms with Crippen LogP contribution in [-0.4, -0.2) is 35.4 Å². The molecular formula is C8H9N5O2. The van der Waals surface area contributed by atoms with Crippen molar-refractivity contribution in [2.24, 2.45) is 0 Å². The number of pyridine rings is 1. The monoisotopic (exact) mass is 207 g/mol. The minimum atomic E-state index is -0.159. The van der Waals surface area contributed by atoms with E-state index >= 15 is 0 Å². The molecule has 2 rings (SSSR count). The van der Waals surface area contributed by atoms with Crippen LogP contribution in [0.15, 0.2) is 18.6 Å². The Balaban J connectivity index is 2.43. The zero-order valence-corrected chi connectivity index (χ0v) is 7.78. The highest BCUT2D eigenvalue weighted by Gasteiger charge is 2.05. The molecule has 0 aliphatic heterocycles. The Morgan fingerprint density at radius 1 is 1.20 bits per heavy atom. The number of hydrogen-bond donors (Lipinski definition) is 2. The van der Waals surface area contributed by atoms with Crippen molar-refractivity contribution in [3.63, 3.8) is 0 Å². The normalized spacial score (nSPS) is 10.5. The molecule has 0 saturated carbocycles. The molecule has 0 radical (unpaired) electrons. The lowest BCUT2D eigenvalue weighted by Crippen LogP contribution is -2.03. The SMILES string of the molecule is OCc1cnc(-n2cnnn2)cc1CO. The van der Waals surface area contributed by atoms with Crippen molar-refractivity contribution in [1.82, 2.24) is 25.2 Å². The molecule has 0 bridgehead atoms. The lowest BCUT2D eigenvalue weighted by Gasteiger charge is -2.05. The molecule has 7 nitrogen and oxygen atoms in total. The summed E-state index contributed by atoms with van der Waals surface area (Å²) in [5.74, 6) is 0.501. The predicted octanol–water partition coefficient (Wildman–Crippen LogP) is -0.958. The first kappa shape index (κ1) is 9.69. The summed E-state index contributed by atoms with van der Waals surface area (Å²) in [4.78, 5) is 4.05. The second-order valence-electron chi connectivity index (χ2n) is 2.88. The molecule has 0 unspecified atom stereocenters. The van der Waals surface area contributed by atoms with Crippen molar-refractivity contribution in [2.45, 2.75) is 13.2 Å². The zero-order chi connectivity index (χ0) is 10.7. The predicted molar refractivity (Wildman–Crippen MR) is 48.8 cm³/mol. The Kier molecular flexibility index (Phi) is 2.66. The summed E-state index contributed by atoms with van der Waals surface area (Å²) in [5.41, 5.74) is 1.20. The number of nitrogens with zero attached hydrogens (tertiary/aromatic N) is 5. The first-order valence-electron chi connectivity index (χ1n) is 4.28. The highest BCUT2D eigenvalue weighted by Crippen LogP contribution is 2.11. The summed E-state index contributed by atoms with van der Waals surface area (Å²) in [5, 5.41) is 28.7. The first-order chi connectivity index (χ1) is 7.35. The van der Waals surface area contributed by atoms with E-state index in [1.54, 1.807) is 6.07 Å². The van der Waals surface area contributed by atoms with Crippen molar-refractivity contribution in [1.29, 1.82) is 0 Å². The zero-order valence-electron chi connectivity index (χ0n) is 7.78. The van der Waals surface area contributed by atoms with Gasteiger partial charge in [-0.3, -0.25) is 0 Å². The number of aliphatic hydroxyl groups excluding tert-OH is 2. The van der Waals surface area contributed by atoms with Gasteiger partial charge in [0.05, 0.1) is 13.2 Å². The van der Waals surface area contributed by atoms with E-state index in [4.69, 9.17) is 10.2 Å². The first-order valence-corrected chi connectivity index (χ1v) is 4.28.